The van der Waals surface area contributed by atoms with Crippen LogP contribution in [0.25, 0.3) is 17.2 Å². The van der Waals surface area contributed by atoms with E-state index in [4.69, 9.17) is 4.74 Å². The van der Waals surface area contributed by atoms with Crippen LogP contribution in [0.4, 0.5) is 27.8 Å². The number of hydrogen-bond acceptors (Lipinski definition) is 7. The Morgan fingerprint density at radius 3 is 2.51 bits per heavy atom. The van der Waals surface area contributed by atoms with E-state index >= 15 is 0 Å². The lowest BCUT2D eigenvalue weighted by Crippen LogP contribution is -2.36. The summed E-state index contributed by atoms with van der Waals surface area (Å²) in [4.78, 5) is 28.4. The molecule has 10 heteroatoms. The second kappa shape index (κ2) is 13.6. The van der Waals surface area contributed by atoms with Gasteiger partial charge in [-0.15, -0.1) is 12.8 Å². The fourth-order valence-corrected chi connectivity index (χ4v) is 4.11. The Morgan fingerprint density at radius 2 is 1.74 bits per heavy atom. The first-order chi connectivity index (χ1) is 19.2. The molecule has 2 amide bonds. The van der Waals surface area contributed by atoms with Gasteiger partial charge in [0.15, 0.2) is 0 Å². The summed E-state index contributed by atoms with van der Waals surface area (Å²) in [5, 5.41) is 9.02. The fraction of sp³-hybridized carbons (Fsp3) is 0.241. The van der Waals surface area contributed by atoms with Crippen molar-refractivity contribution < 1.29 is 9.53 Å². The minimum Gasteiger partial charge on any atom is -0.378 e. The van der Waals surface area contributed by atoms with Crippen molar-refractivity contribution in [3.63, 3.8) is 0 Å². The molecule has 1 fully saturated rings. The van der Waals surface area contributed by atoms with Crippen molar-refractivity contribution in [1.82, 2.24) is 19.5 Å². The molecule has 0 aliphatic carbocycles. The van der Waals surface area contributed by atoms with Gasteiger partial charge in [0.25, 0.3) is 0 Å². The van der Waals surface area contributed by atoms with E-state index in [0.717, 1.165) is 56.2 Å². The molecule has 0 saturated carbocycles. The number of rotatable bonds is 8. The van der Waals surface area contributed by atoms with Gasteiger partial charge < -0.3 is 25.6 Å². The summed E-state index contributed by atoms with van der Waals surface area (Å²) < 4.78 is 7.31. The molecule has 0 atom stereocenters. The van der Waals surface area contributed by atoms with Crippen LogP contribution in [-0.4, -0.2) is 58.4 Å². The molecule has 2 aromatic heterocycles. The number of anilines is 4. The number of urea groups is 1. The average Bonchev–Trinajstić information content (AvgIpc) is 3.49. The Kier molecular flexibility index (Phi) is 9.47. The summed E-state index contributed by atoms with van der Waals surface area (Å²) in [5.41, 5.74) is 3.34. The van der Waals surface area contributed by atoms with Gasteiger partial charge in [-0.25, -0.2) is 14.8 Å². The van der Waals surface area contributed by atoms with Gasteiger partial charge in [-0.1, -0.05) is 19.1 Å². The third kappa shape index (κ3) is 7.12. The van der Waals surface area contributed by atoms with Gasteiger partial charge in [0.05, 0.1) is 13.2 Å². The van der Waals surface area contributed by atoms with E-state index in [1.54, 1.807) is 12.4 Å². The predicted octanol–water partition coefficient (Wildman–Crippen LogP) is 4.88. The van der Waals surface area contributed by atoms with Gasteiger partial charge in [-0.05, 0) is 48.9 Å². The summed E-state index contributed by atoms with van der Waals surface area (Å²) in [5.74, 6) is 1.99. The molecule has 5 rings (SSSR count). The van der Waals surface area contributed by atoms with Crippen LogP contribution in [0, 0.1) is 12.8 Å². The molecule has 0 bridgehead atoms. The number of nitrogens with one attached hydrogen (secondary N) is 3. The lowest BCUT2D eigenvalue weighted by atomic mass is 10.2. The summed E-state index contributed by atoms with van der Waals surface area (Å²) in [6.45, 7) is 6.10. The molecule has 4 aromatic rings. The third-order valence-corrected chi connectivity index (χ3v) is 5.94. The van der Waals surface area contributed by atoms with Crippen molar-refractivity contribution in [3.8, 4) is 30.1 Å². The van der Waals surface area contributed by atoms with Gasteiger partial charge in [0.1, 0.15) is 11.6 Å². The molecule has 1 aliphatic rings. The first kappa shape index (κ1) is 27.2. The number of aromatic nitrogens is 4. The number of benzene rings is 2. The zero-order valence-electron chi connectivity index (χ0n) is 21.9. The summed E-state index contributed by atoms with van der Waals surface area (Å²) in [7, 11) is 0. The lowest BCUT2D eigenvalue weighted by Gasteiger charge is -2.28. The van der Waals surface area contributed by atoms with E-state index in [9.17, 15) is 4.79 Å². The number of hydrogen-bond donors (Lipinski definition) is 3. The topological polar surface area (TPSA) is 109 Å². The maximum absolute atomic E-state index is 12.7. The number of carbonyl (C=O) groups is 1. The highest BCUT2D eigenvalue weighted by molar-refractivity contribution is 6.00. The molecular formula is C29H32N8O2. The molecule has 0 radical (unpaired) electrons. The molecule has 39 heavy (non-hydrogen) atoms. The molecule has 0 spiro atoms. The summed E-state index contributed by atoms with van der Waals surface area (Å²) in [6, 6.07) is 16.9. The average molecular weight is 525 g/mol. The third-order valence-electron chi connectivity index (χ3n) is 5.94. The van der Waals surface area contributed by atoms with Gasteiger partial charge in [0.2, 0.25) is 5.95 Å². The summed E-state index contributed by atoms with van der Waals surface area (Å²) in [6.07, 6.45) is 14.3. The molecule has 2 aromatic carbocycles. The first-order valence-corrected chi connectivity index (χ1v) is 12.7. The Hall–Kier alpha value is -4.88. The Morgan fingerprint density at radius 1 is 0.974 bits per heavy atom. The molecule has 3 heterocycles. The number of imidazole rings is 1. The number of morpholine rings is 1. The van der Waals surface area contributed by atoms with Gasteiger partial charge >= 0.3 is 6.03 Å². The monoisotopic (exact) mass is 524 g/mol. The molecule has 1 saturated heterocycles. The molecule has 1 aliphatic heterocycles. The Labute approximate surface area is 228 Å². The normalized spacial score (nSPS) is 12.6. The van der Waals surface area contributed by atoms with Crippen molar-refractivity contribution in [2.24, 2.45) is 0 Å². The quantitative estimate of drug-likeness (QED) is 0.282. The minimum atomic E-state index is -0.318. The smallest absolute Gasteiger partial charge is 0.323 e. The van der Waals surface area contributed by atoms with Crippen LogP contribution in [0.1, 0.15) is 13.3 Å². The van der Waals surface area contributed by atoms with Crippen LogP contribution in [0.15, 0.2) is 73.2 Å². The van der Waals surface area contributed by atoms with Crippen LogP contribution in [-0.2, 0) is 4.74 Å². The van der Waals surface area contributed by atoms with E-state index in [-0.39, 0.29) is 6.03 Å². The lowest BCUT2D eigenvalue weighted by molar-refractivity contribution is 0.122. The minimum absolute atomic E-state index is 0.318. The van der Waals surface area contributed by atoms with E-state index < -0.39 is 0 Å². The Bertz CT molecular complexity index is 1380. The molecule has 200 valence electrons. The van der Waals surface area contributed by atoms with Gasteiger partial charge in [-0.3, -0.25) is 4.57 Å². The maximum atomic E-state index is 12.7. The summed E-state index contributed by atoms with van der Waals surface area (Å²) >= 11 is 0. The van der Waals surface area contributed by atoms with Crippen LogP contribution in [0.2, 0.25) is 0 Å². The van der Waals surface area contributed by atoms with Crippen LogP contribution >= 0.6 is 0 Å². The van der Waals surface area contributed by atoms with Gasteiger partial charge in [0, 0.05) is 60.9 Å². The van der Waals surface area contributed by atoms with Crippen molar-refractivity contribution in [2.45, 2.75) is 13.3 Å². The van der Waals surface area contributed by atoms with E-state index in [0.29, 0.717) is 23.3 Å². The maximum Gasteiger partial charge on any atom is 0.323 e. The molecule has 3 N–H and O–H groups in total. The number of ether oxygens (including phenoxy) is 1. The number of terminal acetylenes is 1. The predicted molar refractivity (Wildman–Crippen MR) is 155 cm³/mol. The highest BCUT2D eigenvalue weighted by Crippen LogP contribution is 2.24. The van der Waals surface area contributed by atoms with Crippen LogP contribution in [0.5, 0.6) is 0 Å². The molecule has 10 nitrogen and oxygen atoms in total. The second-order valence-corrected chi connectivity index (χ2v) is 8.59. The highest BCUT2D eigenvalue weighted by Gasteiger charge is 2.13. The van der Waals surface area contributed by atoms with Crippen molar-refractivity contribution in [1.29, 1.82) is 0 Å². The van der Waals surface area contributed by atoms with Crippen LogP contribution < -0.4 is 20.9 Å². The highest BCUT2D eigenvalue weighted by atomic mass is 16.5. The first-order valence-electron chi connectivity index (χ1n) is 12.7. The number of amides is 2. The standard InChI is InChI=1S/C27H30N8O2.C2H2/c1-2-11-29-26-30-12-10-24(33-26)35-14-13-28-25(35)20-4-3-5-22(19-20)32-27(36)31-21-6-8-23(9-7-21)34-15-17-37-18-16-34;1-2/h3-10,12-14,19H,2,11,15-18H2,1H3,(H,29,30,33)(H2,31,32,36);1-2H. The second-order valence-electron chi connectivity index (χ2n) is 8.59. The van der Waals surface area contributed by atoms with Crippen molar-refractivity contribution >= 4 is 29.0 Å². The van der Waals surface area contributed by atoms with E-state index in [1.807, 2.05) is 65.4 Å². The van der Waals surface area contributed by atoms with Gasteiger partial charge in [-0.2, -0.15) is 4.98 Å². The zero-order chi connectivity index (χ0) is 27.5. The van der Waals surface area contributed by atoms with Crippen molar-refractivity contribution in [2.75, 3.05) is 53.7 Å². The number of carbonyl (C=O) groups excluding carboxylic acids is 1. The van der Waals surface area contributed by atoms with E-state index in [2.05, 4.69) is 55.6 Å². The Balaban J connectivity index is 0.00000172. The largest absolute Gasteiger partial charge is 0.378 e. The fourth-order valence-electron chi connectivity index (χ4n) is 4.11. The van der Waals surface area contributed by atoms with Crippen molar-refractivity contribution in [3.05, 3.63) is 73.2 Å². The number of nitrogens with zero attached hydrogens (tertiary/aromatic N) is 5. The molecule has 0 unspecified atom stereocenters. The van der Waals surface area contributed by atoms with E-state index in [1.165, 1.54) is 0 Å². The molecular weight excluding hydrogens is 492 g/mol. The SMILES string of the molecule is C#C.CCCNc1nccc(-n2ccnc2-c2cccc(NC(=O)Nc3ccc(N4CCOCC4)cc3)c2)n1. The van der Waals surface area contributed by atoms with Crippen LogP contribution in [0.3, 0.4) is 0 Å². The zero-order valence-corrected chi connectivity index (χ0v) is 21.9.